The van der Waals surface area contributed by atoms with Crippen LogP contribution in [-0.4, -0.2) is 30.9 Å². The molecule has 0 atom stereocenters. The van der Waals surface area contributed by atoms with Crippen molar-refractivity contribution in [2.24, 2.45) is 5.73 Å². The third-order valence-corrected chi connectivity index (χ3v) is 2.73. The van der Waals surface area contributed by atoms with Gasteiger partial charge in [-0.1, -0.05) is 23.4 Å². The quantitative estimate of drug-likeness (QED) is 0.723. The minimum Gasteiger partial charge on any atom is -0.352 e. The van der Waals surface area contributed by atoms with Gasteiger partial charge in [-0.3, -0.25) is 9.59 Å². The molecule has 112 valence electrons. The molecule has 0 radical (unpaired) electrons. The monoisotopic (exact) mass is 307 g/mol. The number of hydrogen-bond donors (Lipinski definition) is 3. The van der Waals surface area contributed by atoms with Crippen molar-refractivity contribution in [2.45, 2.75) is 19.9 Å². The second-order valence-corrected chi connectivity index (χ2v) is 5.01. The number of benzene rings is 1. The lowest BCUT2D eigenvalue weighted by atomic mass is 10.1. The molecule has 0 saturated carbocycles. The number of nitrogens with two attached hydrogens (primary N) is 1. The maximum absolute atomic E-state index is 11.9. The summed E-state index contributed by atoms with van der Waals surface area (Å²) >= 11 is 6.04. The predicted octanol–water partition coefficient (Wildman–Crippen LogP) is 0.905. The summed E-state index contributed by atoms with van der Waals surface area (Å²) in [6, 6.07) is 4.79. The summed E-state index contributed by atoms with van der Waals surface area (Å²) < 4.78 is 0. The van der Waals surface area contributed by atoms with Gasteiger partial charge >= 0.3 is 0 Å². The van der Waals surface area contributed by atoms with Crippen molar-refractivity contribution < 1.29 is 9.59 Å². The molecule has 0 unspecified atom stereocenters. The molecule has 0 aliphatic heterocycles. The van der Waals surface area contributed by atoms with Crippen LogP contribution >= 0.6 is 11.6 Å². The Hall–Kier alpha value is -2.03. The Morgan fingerprint density at radius 1 is 1.38 bits per heavy atom. The summed E-state index contributed by atoms with van der Waals surface area (Å²) in [6.45, 7) is 3.86. The maximum Gasteiger partial charge on any atom is 0.251 e. The van der Waals surface area contributed by atoms with Crippen LogP contribution in [-0.2, 0) is 4.79 Å². The summed E-state index contributed by atoms with van der Waals surface area (Å²) in [4.78, 5) is 23.4. The summed E-state index contributed by atoms with van der Waals surface area (Å²) in [6.07, 6.45) is 0. The molecular formula is C15H18ClN3O2. The van der Waals surface area contributed by atoms with Crippen molar-refractivity contribution in [3.05, 3.63) is 34.3 Å². The van der Waals surface area contributed by atoms with Crippen molar-refractivity contribution in [3.63, 3.8) is 0 Å². The highest BCUT2D eigenvalue weighted by atomic mass is 35.5. The average Bonchev–Trinajstić information content (AvgIpc) is 2.42. The molecule has 4 N–H and O–H groups in total. The van der Waals surface area contributed by atoms with Crippen molar-refractivity contribution in [2.75, 3.05) is 13.1 Å². The lowest BCUT2D eigenvalue weighted by Crippen LogP contribution is -2.39. The van der Waals surface area contributed by atoms with Crippen LogP contribution in [0.25, 0.3) is 0 Å². The molecule has 6 heteroatoms. The Morgan fingerprint density at radius 3 is 2.67 bits per heavy atom. The van der Waals surface area contributed by atoms with E-state index in [1.807, 2.05) is 13.8 Å². The fourth-order valence-electron chi connectivity index (χ4n) is 1.54. The molecule has 2 amide bonds. The minimum absolute atomic E-state index is 0.0317. The van der Waals surface area contributed by atoms with Gasteiger partial charge < -0.3 is 16.4 Å². The second kappa shape index (κ2) is 8.30. The van der Waals surface area contributed by atoms with Gasteiger partial charge in [-0.05, 0) is 32.0 Å². The molecule has 0 bridgehead atoms. The fourth-order valence-corrected chi connectivity index (χ4v) is 1.77. The van der Waals surface area contributed by atoms with E-state index in [2.05, 4.69) is 22.5 Å². The van der Waals surface area contributed by atoms with Gasteiger partial charge in [-0.15, -0.1) is 0 Å². The zero-order chi connectivity index (χ0) is 15.8. The van der Waals surface area contributed by atoms with Crippen LogP contribution in [0.5, 0.6) is 0 Å². The third-order valence-electron chi connectivity index (χ3n) is 2.42. The molecule has 0 spiro atoms. The summed E-state index contributed by atoms with van der Waals surface area (Å²) in [7, 11) is 0. The van der Waals surface area contributed by atoms with Crippen molar-refractivity contribution in [3.8, 4) is 11.8 Å². The lowest BCUT2D eigenvalue weighted by Gasteiger charge is -2.09. The number of hydrogen-bond acceptors (Lipinski definition) is 3. The molecule has 5 nitrogen and oxygen atoms in total. The first-order chi connectivity index (χ1) is 9.93. The van der Waals surface area contributed by atoms with Gasteiger partial charge in [0.15, 0.2) is 0 Å². The van der Waals surface area contributed by atoms with E-state index >= 15 is 0 Å². The van der Waals surface area contributed by atoms with Gasteiger partial charge in [0.05, 0.1) is 18.1 Å². The van der Waals surface area contributed by atoms with Crippen LogP contribution in [0.1, 0.15) is 29.8 Å². The molecule has 21 heavy (non-hydrogen) atoms. The van der Waals surface area contributed by atoms with Crippen molar-refractivity contribution >= 4 is 23.4 Å². The van der Waals surface area contributed by atoms with Gasteiger partial charge in [0.25, 0.3) is 5.91 Å². The standard InChI is InChI=1S/C15H18ClN3O2/c1-10(2)19-14(20)9-18-15(21)12-6-5-11(4-3-7-17)13(16)8-12/h5-6,8,10H,7,9,17H2,1-2H3,(H,18,21)(H,19,20). The van der Waals surface area contributed by atoms with Gasteiger partial charge in [-0.2, -0.15) is 0 Å². The van der Waals surface area contributed by atoms with E-state index in [4.69, 9.17) is 17.3 Å². The van der Waals surface area contributed by atoms with Gasteiger partial charge in [0.1, 0.15) is 0 Å². The van der Waals surface area contributed by atoms with Crippen LogP contribution in [0.4, 0.5) is 0 Å². The third kappa shape index (κ3) is 5.86. The second-order valence-electron chi connectivity index (χ2n) is 4.61. The SMILES string of the molecule is CC(C)NC(=O)CNC(=O)c1ccc(C#CCN)c(Cl)c1. The molecule has 0 aliphatic rings. The molecule has 0 fully saturated rings. The minimum atomic E-state index is -0.367. The number of halogens is 1. The van der Waals surface area contributed by atoms with E-state index in [0.717, 1.165) is 0 Å². The molecule has 0 aliphatic carbocycles. The molecule has 1 rings (SSSR count). The highest BCUT2D eigenvalue weighted by Gasteiger charge is 2.10. The first-order valence-electron chi connectivity index (χ1n) is 6.50. The highest BCUT2D eigenvalue weighted by molar-refractivity contribution is 6.32. The molecule has 1 aromatic rings. The van der Waals surface area contributed by atoms with Crippen molar-refractivity contribution in [1.29, 1.82) is 0 Å². The highest BCUT2D eigenvalue weighted by Crippen LogP contribution is 2.16. The zero-order valence-corrected chi connectivity index (χ0v) is 12.8. The van der Waals surface area contributed by atoms with E-state index in [0.29, 0.717) is 16.1 Å². The van der Waals surface area contributed by atoms with E-state index < -0.39 is 0 Å². The Kier molecular flexibility index (Phi) is 6.73. The van der Waals surface area contributed by atoms with Crippen LogP contribution in [0, 0.1) is 11.8 Å². The number of nitrogens with one attached hydrogen (secondary N) is 2. The topological polar surface area (TPSA) is 84.2 Å². The van der Waals surface area contributed by atoms with E-state index in [-0.39, 0.29) is 30.9 Å². The first-order valence-corrected chi connectivity index (χ1v) is 6.88. The number of carbonyl (C=O) groups is 2. The van der Waals surface area contributed by atoms with Gasteiger partial charge in [0.2, 0.25) is 5.91 Å². The summed E-state index contributed by atoms with van der Waals surface area (Å²) in [5.74, 6) is 4.89. The van der Waals surface area contributed by atoms with Crippen LogP contribution in [0.15, 0.2) is 18.2 Å². The lowest BCUT2D eigenvalue weighted by molar-refractivity contribution is -0.120. The van der Waals surface area contributed by atoms with E-state index in [1.165, 1.54) is 6.07 Å². The predicted molar refractivity (Wildman–Crippen MR) is 83.0 cm³/mol. The summed E-state index contributed by atoms with van der Waals surface area (Å²) in [5, 5.41) is 5.58. The molecule has 0 saturated heterocycles. The van der Waals surface area contributed by atoms with Gasteiger partial charge in [0, 0.05) is 17.2 Å². The van der Waals surface area contributed by atoms with E-state index in [9.17, 15) is 9.59 Å². The smallest absolute Gasteiger partial charge is 0.251 e. The number of rotatable bonds is 4. The fraction of sp³-hybridized carbons (Fsp3) is 0.333. The van der Waals surface area contributed by atoms with Gasteiger partial charge in [-0.25, -0.2) is 0 Å². The summed E-state index contributed by atoms with van der Waals surface area (Å²) in [5.41, 5.74) is 6.27. The van der Waals surface area contributed by atoms with E-state index in [1.54, 1.807) is 12.1 Å². The average molecular weight is 308 g/mol. The largest absolute Gasteiger partial charge is 0.352 e. The Labute approximate surface area is 129 Å². The molecule has 0 heterocycles. The molecule has 0 aromatic heterocycles. The normalized spacial score (nSPS) is 9.76. The zero-order valence-electron chi connectivity index (χ0n) is 12.0. The maximum atomic E-state index is 11.9. The van der Waals surface area contributed by atoms with Crippen LogP contribution in [0.2, 0.25) is 5.02 Å². The number of amides is 2. The van der Waals surface area contributed by atoms with Crippen molar-refractivity contribution in [1.82, 2.24) is 10.6 Å². The Bertz CT molecular complexity index is 588. The van der Waals surface area contributed by atoms with Crippen LogP contribution < -0.4 is 16.4 Å². The van der Waals surface area contributed by atoms with Crippen LogP contribution in [0.3, 0.4) is 0 Å². The molecule has 1 aromatic carbocycles. The molecular weight excluding hydrogens is 290 g/mol. The first kappa shape index (κ1) is 17.0. The Morgan fingerprint density at radius 2 is 2.10 bits per heavy atom. The number of carbonyl (C=O) groups excluding carboxylic acids is 2. The Balaban J connectivity index is 2.67.